The Hall–Kier alpha value is -8.66. The average molecular weight is 1140 g/mol. The van der Waals surface area contributed by atoms with Crippen molar-refractivity contribution in [2.45, 2.75) is 74.7 Å². The second-order valence-electron chi connectivity index (χ2n) is 18.0. The third-order valence-corrected chi connectivity index (χ3v) is 15.2. The van der Waals surface area contributed by atoms with Crippen LogP contribution in [0.3, 0.4) is 0 Å². The van der Waals surface area contributed by atoms with Crippen LogP contribution in [-0.2, 0) is 44.8 Å². The van der Waals surface area contributed by atoms with Crippen LogP contribution in [0.15, 0.2) is 41.5 Å². The number of amides is 5. The Morgan fingerprint density at radius 2 is 1.66 bits per heavy atom. The van der Waals surface area contributed by atoms with Crippen LogP contribution in [0.5, 0.6) is 11.5 Å². The molecule has 0 radical (unpaired) electrons. The van der Waals surface area contributed by atoms with E-state index in [0.717, 1.165) is 17.1 Å². The summed E-state index contributed by atoms with van der Waals surface area (Å²) in [5, 5.41) is 70.6. The Bertz CT molecular complexity index is 3170. The number of carbonyl (C=O) groups is 8. The molecule has 3 aliphatic heterocycles. The molecule has 4 aromatic rings. The Kier molecular flexibility index (Phi) is 18.2. The van der Waals surface area contributed by atoms with Crippen molar-refractivity contribution in [2.24, 2.45) is 11.5 Å². The highest BCUT2D eigenvalue weighted by molar-refractivity contribution is 8.76. The lowest BCUT2D eigenvalue weighted by Gasteiger charge is -2.35. The molecule has 2 aromatic carbocycles. The molecule has 0 aliphatic carbocycles. The molecular weight excluding hydrogens is 1080 g/mol. The summed E-state index contributed by atoms with van der Waals surface area (Å²) in [6, 6.07) is -0.804. The van der Waals surface area contributed by atoms with Gasteiger partial charge in [0.15, 0.2) is 16.9 Å². The highest BCUT2D eigenvalue weighted by Gasteiger charge is 2.70. The molecule has 0 unspecified atom stereocenters. The number of carboxylic acid groups (broad SMARTS) is 3. The van der Waals surface area contributed by atoms with Crippen LogP contribution in [0, 0.1) is 6.92 Å². The van der Waals surface area contributed by atoms with Crippen LogP contribution in [-0.4, -0.2) is 173 Å². The first-order valence-electron chi connectivity index (χ1n) is 23.8. The summed E-state index contributed by atoms with van der Waals surface area (Å²) in [6.07, 6.45) is -0.444. The molecule has 2 fully saturated rings. The Morgan fingerprint density at radius 3 is 2.33 bits per heavy atom. The van der Waals surface area contributed by atoms with Gasteiger partial charge in [-0.25, -0.2) is 24.4 Å². The van der Waals surface area contributed by atoms with Gasteiger partial charge in [0.05, 0.1) is 53.4 Å². The van der Waals surface area contributed by atoms with Crippen LogP contribution >= 0.6 is 21.6 Å². The van der Waals surface area contributed by atoms with E-state index < -0.39 is 102 Å². The highest BCUT2D eigenvalue weighted by atomic mass is 33.1. The van der Waals surface area contributed by atoms with E-state index in [0.29, 0.717) is 23.5 Å². The third-order valence-electron chi connectivity index (χ3n) is 12.7. The smallest absolute Gasteiger partial charge is 0.409 e. The van der Waals surface area contributed by atoms with E-state index in [1.807, 2.05) is 0 Å². The first-order chi connectivity index (χ1) is 37.5. The number of aromatic nitrogens is 4. The first-order valence-corrected chi connectivity index (χ1v) is 26.3. The summed E-state index contributed by atoms with van der Waals surface area (Å²) in [5.41, 5.74) is 17.2. The quantitative estimate of drug-likeness (QED) is 0.00767. The number of ether oxygens (including phenoxy) is 2. The maximum atomic E-state index is 13.2. The Morgan fingerprint density at radius 1 is 0.949 bits per heavy atom. The summed E-state index contributed by atoms with van der Waals surface area (Å²) in [4.78, 5) is 128. The van der Waals surface area contributed by atoms with E-state index in [4.69, 9.17) is 26.7 Å². The van der Waals surface area contributed by atoms with Crippen LogP contribution < -0.4 is 64.9 Å². The number of aromatic hydroxyl groups is 2. The predicted octanol–water partition coefficient (Wildman–Crippen LogP) is -1.99. The largest absolute Gasteiger partial charge is 0.505 e. The van der Waals surface area contributed by atoms with Gasteiger partial charge in [0, 0.05) is 67.5 Å². The van der Waals surface area contributed by atoms with Crippen LogP contribution in [0.2, 0.25) is 0 Å². The fourth-order valence-corrected chi connectivity index (χ4v) is 10.9. The van der Waals surface area contributed by atoms with E-state index in [1.54, 1.807) is 11.8 Å². The van der Waals surface area contributed by atoms with Crippen molar-refractivity contribution in [1.29, 1.82) is 0 Å². The summed E-state index contributed by atoms with van der Waals surface area (Å²) >= 11 is 0. The van der Waals surface area contributed by atoms with E-state index >= 15 is 0 Å². The minimum Gasteiger partial charge on any atom is -0.505 e. The van der Waals surface area contributed by atoms with Crippen molar-refractivity contribution in [3.05, 3.63) is 69.5 Å². The van der Waals surface area contributed by atoms with Gasteiger partial charge in [-0.05, 0) is 37.6 Å². The summed E-state index contributed by atoms with van der Waals surface area (Å²) in [5.74, 6) is -8.77. The lowest BCUT2D eigenvalue weighted by Crippen LogP contribution is -2.57. The van der Waals surface area contributed by atoms with Crippen molar-refractivity contribution in [3.8, 4) is 11.5 Å². The first kappa shape index (κ1) is 58.0. The maximum Gasteiger partial charge on any atom is 0.409 e. The minimum atomic E-state index is -1.81. The Labute approximate surface area is 454 Å². The molecule has 3 aliphatic rings. The Balaban J connectivity index is 0.835. The molecular formula is C46H55N15O16S2. The molecule has 7 rings (SSSR count). The van der Waals surface area contributed by atoms with Gasteiger partial charge in [0.2, 0.25) is 23.7 Å². The van der Waals surface area contributed by atoms with Gasteiger partial charge < -0.3 is 94.3 Å². The number of benzene rings is 2. The number of methoxy groups -OCH3 is 1. The van der Waals surface area contributed by atoms with E-state index in [2.05, 4.69) is 57.2 Å². The number of carbonyl (C=O) groups excluding carboxylic acids is 5. The molecule has 79 heavy (non-hydrogen) atoms. The molecule has 7 atom stereocenters. The number of phenolic OH excluding ortho intramolecular Hbond substituents is 2. The number of phenols is 2. The lowest BCUT2D eigenvalue weighted by molar-refractivity contribution is -0.143. The molecule has 0 spiro atoms. The second-order valence-corrected chi connectivity index (χ2v) is 20.6. The number of piperazine rings is 1. The minimum absolute atomic E-state index is 0.00813. The van der Waals surface area contributed by atoms with Crippen LogP contribution in [0.1, 0.15) is 46.4 Å². The number of aromatic amines is 1. The van der Waals surface area contributed by atoms with Gasteiger partial charge in [0.25, 0.3) is 11.5 Å². The standard InChI is InChI=1S/C46H55N15O16S2/c1-18-31(35(66)30-22(16-77-45(49)75)46(76-2)36-26(55-36)15-61(46)33(30)34(18)65)50-9-10-78-79-17-27(43(73)74)58-40(69)25(11-29(63)64)57-39(68)23(47)14-52-28(62)8-7-24(42(71)72)56-38(67)19-3-5-20(6-4-19)51-12-21-13-53-37-32(54-21)41(70)60-44(48)59-37/h3-6,13,16,23-27,36,50-51,55,65-66H,7-12,14-15,17,47H2,1-2H3,(H2,49,75)(H,52,62)(H,56,67)(H,57,68)(H,58,69)(H,63,64)(H,71,72)(H,73,74)(H3,48,53,59,60,70)/t23-,24+,25-,26-,27-,36-,46+/m0/s1. The number of H-pyrrole nitrogens is 1. The molecule has 33 heteroatoms. The number of nitrogens with two attached hydrogens (primary N) is 3. The summed E-state index contributed by atoms with van der Waals surface area (Å²) < 4.78 is 11.0. The maximum absolute atomic E-state index is 13.2. The van der Waals surface area contributed by atoms with Crippen molar-refractivity contribution < 1.29 is 73.4 Å². The number of hydrogen-bond acceptors (Lipinski definition) is 24. The fourth-order valence-electron chi connectivity index (χ4n) is 8.81. The zero-order valence-electron chi connectivity index (χ0n) is 41.9. The summed E-state index contributed by atoms with van der Waals surface area (Å²) in [7, 11) is 3.65. The molecule has 422 valence electrons. The molecule has 0 bridgehead atoms. The fraction of sp³-hybridized carbons (Fsp3) is 0.391. The number of anilines is 4. The van der Waals surface area contributed by atoms with Crippen molar-refractivity contribution in [3.63, 3.8) is 0 Å². The van der Waals surface area contributed by atoms with E-state index in [9.17, 15) is 68.7 Å². The number of carboxylic acids is 3. The topological polar surface area (TPSA) is 503 Å². The number of fused-ring (bicyclic) bond motifs is 6. The van der Waals surface area contributed by atoms with Gasteiger partial charge in [-0.1, -0.05) is 21.6 Å². The third kappa shape index (κ3) is 13.2. The van der Waals surface area contributed by atoms with Crippen LogP contribution in [0.4, 0.5) is 27.8 Å². The van der Waals surface area contributed by atoms with Gasteiger partial charge >= 0.3 is 24.0 Å². The van der Waals surface area contributed by atoms with Gasteiger partial charge in [-0.15, -0.1) is 0 Å². The monoisotopic (exact) mass is 1140 g/mol. The second kappa shape index (κ2) is 24.8. The number of nitrogens with zero attached hydrogens (tertiary/aromatic N) is 4. The molecule has 5 heterocycles. The zero-order chi connectivity index (χ0) is 57.5. The molecule has 31 nitrogen and oxygen atoms in total. The number of aliphatic carboxylic acids is 3. The van der Waals surface area contributed by atoms with E-state index in [1.165, 1.54) is 48.4 Å². The molecule has 0 saturated carbocycles. The van der Waals surface area contributed by atoms with Crippen molar-refractivity contribution in [1.82, 2.24) is 46.5 Å². The van der Waals surface area contributed by atoms with Gasteiger partial charge in [0.1, 0.15) is 41.9 Å². The van der Waals surface area contributed by atoms with E-state index in [-0.39, 0.29) is 99.8 Å². The van der Waals surface area contributed by atoms with Crippen molar-refractivity contribution >= 4 is 109 Å². The number of hydrogen-bond donors (Lipinski definition) is 16. The molecule has 19 N–H and O–H groups in total. The predicted molar refractivity (Wildman–Crippen MR) is 283 cm³/mol. The van der Waals surface area contributed by atoms with Gasteiger partial charge in [-0.2, -0.15) is 4.98 Å². The highest BCUT2D eigenvalue weighted by Crippen LogP contribution is 2.63. The average Bonchev–Trinajstić information content (AvgIpc) is 3.85. The molecule has 2 aromatic heterocycles. The number of rotatable bonds is 27. The number of nitrogen functional groups attached to an aromatic ring is 1. The molecule has 5 amide bonds. The number of primary amides is 1. The lowest BCUT2D eigenvalue weighted by atomic mass is 9.94. The van der Waals surface area contributed by atoms with Crippen LogP contribution in [0.25, 0.3) is 16.7 Å². The van der Waals surface area contributed by atoms with Crippen molar-refractivity contribution in [2.75, 3.05) is 59.5 Å². The van der Waals surface area contributed by atoms with Gasteiger partial charge in [-0.3, -0.25) is 33.8 Å². The SMILES string of the molecule is CO[C@@]12C(=COC(N)=O)c3c(O)c(NCCSSC[C@H](NC(=O)[C@H](CC(=O)O)NC(=O)[C@@H](N)CNC(=O)CC[C@@H](NC(=O)c4ccc(NCc5cnc6nc(N)[nH]c(=O)c6n5)cc4)C(=O)O)C(=O)O)c(C)c(O)c3N1C[C@@H]1N[C@@H]12. The normalized spacial score (nSPS) is 18.7. The summed E-state index contributed by atoms with van der Waals surface area (Å²) in [6.45, 7) is 1.74. The number of nitrogens with one attached hydrogen (secondary N) is 8. The zero-order valence-corrected chi connectivity index (χ0v) is 43.5. The molecule has 2 saturated heterocycles.